The Morgan fingerprint density at radius 1 is 1.11 bits per heavy atom. The van der Waals surface area contributed by atoms with E-state index < -0.39 is 0 Å². The average Bonchev–Trinajstić information content (AvgIpc) is 2.81. The summed E-state index contributed by atoms with van der Waals surface area (Å²) in [6, 6.07) is 16.4. The number of rotatable bonds is 3. The van der Waals surface area contributed by atoms with E-state index in [4.69, 9.17) is 5.73 Å². The molecule has 0 amide bonds. The standard InChI is InChI=1S/C15H13BrN2S/c16-12-5-3-6-13(17)11(12)9-19-15-8-10-4-1-2-7-14(10)18-15/h1-8,18H,9,17H2. The van der Waals surface area contributed by atoms with Crippen LogP contribution in [0.1, 0.15) is 5.56 Å². The number of aromatic nitrogens is 1. The van der Waals surface area contributed by atoms with Crippen LogP contribution in [0.15, 0.2) is 58.0 Å². The molecular formula is C15H13BrN2S. The maximum absolute atomic E-state index is 6.01. The van der Waals surface area contributed by atoms with Crippen LogP contribution in [0.4, 0.5) is 5.69 Å². The number of nitrogens with one attached hydrogen (secondary N) is 1. The van der Waals surface area contributed by atoms with Gasteiger partial charge in [-0.1, -0.05) is 40.2 Å². The molecule has 3 N–H and O–H groups in total. The van der Waals surface area contributed by atoms with Crippen LogP contribution in [0.2, 0.25) is 0 Å². The highest BCUT2D eigenvalue weighted by Crippen LogP contribution is 2.31. The molecule has 96 valence electrons. The van der Waals surface area contributed by atoms with Gasteiger partial charge in [-0.25, -0.2) is 0 Å². The molecule has 1 heterocycles. The molecule has 0 saturated carbocycles. The Labute approximate surface area is 124 Å². The monoisotopic (exact) mass is 332 g/mol. The summed E-state index contributed by atoms with van der Waals surface area (Å²) in [6.07, 6.45) is 0. The van der Waals surface area contributed by atoms with E-state index >= 15 is 0 Å². The lowest BCUT2D eigenvalue weighted by atomic mass is 10.2. The van der Waals surface area contributed by atoms with Crippen molar-refractivity contribution >= 4 is 44.3 Å². The lowest BCUT2D eigenvalue weighted by Gasteiger charge is -2.06. The summed E-state index contributed by atoms with van der Waals surface area (Å²) in [5.41, 5.74) is 9.15. The molecule has 0 spiro atoms. The largest absolute Gasteiger partial charge is 0.398 e. The fraction of sp³-hybridized carbons (Fsp3) is 0.0667. The highest BCUT2D eigenvalue weighted by molar-refractivity contribution is 9.10. The lowest BCUT2D eigenvalue weighted by molar-refractivity contribution is 1.23. The number of para-hydroxylation sites is 1. The van der Waals surface area contributed by atoms with Crippen LogP contribution in [-0.4, -0.2) is 4.98 Å². The SMILES string of the molecule is Nc1cccc(Br)c1CSc1cc2ccccc2[nH]1. The molecule has 3 rings (SSSR count). The van der Waals surface area contributed by atoms with Crippen LogP contribution in [-0.2, 0) is 5.75 Å². The van der Waals surface area contributed by atoms with Gasteiger partial charge < -0.3 is 10.7 Å². The molecule has 1 aromatic heterocycles. The fourth-order valence-electron chi connectivity index (χ4n) is 2.00. The van der Waals surface area contributed by atoms with Gasteiger partial charge >= 0.3 is 0 Å². The smallest absolute Gasteiger partial charge is 0.0735 e. The Bertz CT molecular complexity index is 668. The van der Waals surface area contributed by atoms with Crippen molar-refractivity contribution in [2.75, 3.05) is 5.73 Å². The van der Waals surface area contributed by atoms with E-state index in [1.807, 2.05) is 24.3 Å². The number of hydrogen-bond donors (Lipinski definition) is 2. The van der Waals surface area contributed by atoms with E-state index in [1.165, 1.54) is 10.9 Å². The average molecular weight is 333 g/mol. The molecule has 0 aliphatic carbocycles. The summed E-state index contributed by atoms with van der Waals surface area (Å²) in [5, 5.41) is 2.40. The third kappa shape index (κ3) is 2.65. The van der Waals surface area contributed by atoms with Crippen molar-refractivity contribution in [2.24, 2.45) is 0 Å². The zero-order valence-electron chi connectivity index (χ0n) is 10.2. The van der Waals surface area contributed by atoms with Crippen LogP contribution >= 0.6 is 27.7 Å². The molecule has 0 saturated heterocycles. The second-order valence-electron chi connectivity index (χ2n) is 4.32. The first-order valence-electron chi connectivity index (χ1n) is 5.97. The highest BCUT2D eigenvalue weighted by Gasteiger charge is 2.06. The van der Waals surface area contributed by atoms with Crippen molar-refractivity contribution in [3.63, 3.8) is 0 Å². The second-order valence-corrected chi connectivity index (χ2v) is 6.19. The van der Waals surface area contributed by atoms with Crippen LogP contribution in [0.5, 0.6) is 0 Å². The van der Waals surface area contributed by atoms with Gasteiger partial charge in [0.2, 0.25) is 0 Å². The number of benzene rings is 2. The van der Waals surface area contributed by atoms with Crippen molar-refractivity contribution < 1.29 is 0 Å². The summed E-state index contributed by atoms with van der Waals surface area (Å²) < 4.78 is 1.07. The first-order chi connectivity index (χ1) is 9.24. The maximum atomic E-state index is 6.01. The zero-order chi connectivity index (χ0) is 13.2. The van der Waals surface area contributed by atoms with Gasteiger partial charge in [0.25, 0.3) is 0 Å². The van der Waals surface area contributed by atoms with Gasteiger partial charge in [0, 0.05) is 26.8 Å². The molecule has 0 unspecified atom stereocenters. The summed E-state index contributed by atoms with van der Waals surface area (Å²) in [6.45, 7) is 0. The Kier molecular flexibility index (Phi) is 3.53. The van der Waals surface area contributed by atoms with Gasteiger partial charge in [0.1, 0.15) is 0 Å². The molecule has 2 nitrogen and oxygen atoms in total. The first-order valence-corrected chi connectivity index (χ1v) is 7.75. The predicted octanol–water partition coefficient (Wildman–Crippen LogP) is 4.80. The number of hydrogen-bond acceptors (Lipinski definition) is 2. The number of fused-ring (bicyclic) bond motifs is 1. The van der Waals surface area contributed by atoms with E-state index in [1.54, 1.807) is 11.8 Å². The molecule has 0 atom stereocenters. The number of aromatic amines is 1. The number of nitrogens with two attached hydrogens (primary N) is 1. The zero-order valence-corrected chi connectivity index (χ0v) is 12.6. The molecule has 3 aromatic rings. The van der Waals surface area contributed by atoms with Crippen molar-refractivity contribution in [3.8, 4) is 0 Å². The van der Waals surface area contributed by atoms with Crippen molar-refractivity contribution in [2.45, 2.75) is 10.8 Å². The topological polar surface area (TPSA) is 41.8 Å². The number of H-pyrrole nitrogens is 1. The fourth-order valence-corrected chi connectivity index (χ4v) is 3.72. The quantitative estimate of drug-likeness (QED) is 0.534. The van der Waals surface area contributed by atoms with Crippen LogP contribution in [0, 0.1) is 0 Å². The summed E-state index contributed by atoms with van der Waals surface area (Å²) in [5.74, 6) is 0.847. The van der Waals surface area contributed by atoms with E-state index in [2.05, 4.69) is 45.2 Å². The Hall–Kier alpha value is -1.39. The Morgan fingerprint density at radius 3 is 2.74 bits per heavy atom. The van der Waals surface area contributed by atoms with Crippen molar-refractivity contribution in [3.05, 3.63) is 58.6 Å². The number of anilines is 1. The molecule has 4 heteroatoms. The maximum Gasteiger partial charge on any atom is 0.0735 e. The van der Waals surface area contributed by atoms with Gasteiger partial charge in [0.15, 0.2) is 0 Å². The van der Waals surface area contributed by atoms with E-state index in [9.17, 15) is 0 Å². The molecular weight excluding hydrogens is 320 g/mol. The van der Waals surface area contributed by atoms with Gasteiger partial charge in [0.05, 0.1) is 5.03 Å². The summed E-state index contributed by atoms with van der Waals surface area (Å²) in [7, 11) is 0. The third-order valence-electron chi connectivity index (χ3n) is 3.03. The normalized spacial score (nSPS) is 11.0. The molecule has 0 radical (unpaired) electrons. The molecule has 0 bridgehead atoms. The molecule has 0 aliphatic heterocycles. The second kappa shape index (κ2) is 5.31. The van der Waals surface area contributed by atoms with Crippen molar-refractivity contribution in [1.82, 2.24) is 4.98 Å². The number of thioether (sulfide) groups is 1. The molecule has 19 heavy (non-hydrogen) atoms. The van der Waals surface area contributed by atoms with E-state index in [-0.39, 0.29) is 0 Å². The minimum absolute atomic E-state index is 0.831. The van der Waals surface area contributed by atoms with E-state index in [0.717, 1.165) is 26.5 Å². The Morgan fingerprint density at radius 2 is 1.95 bits per heavy atom. The van der Waals surface area contributed by atoms with E-state index in [0.29, 0.717) is 0 Å². The summed E-state index contributed by atoms with van der Waals surface area (Å²) in [4.78, 5) is 3.41. The predicted molar refractivity (Wildman–Crippen MR) is 86.4 cm³/mol. The number of halogens is 1. The third-order valence-corrected chi connectivity index (χ3v) is 4.74. The molecule has 2 aromatic carbocycles. The molecule has 0 aliphatic rings. The number of nitrogen functional groups attached to an aromatic ring is 1. The van der Waals surface area contributed by atoms with Crippen molar-refractivity contribution in [1.29, 1.82) is 0 Å². The lowest BCUT2D eigenvalue weighted by Crippen LogP contribution is -1.93. The van der Waals surface area contributed by atoms with Gasteiger partial charge in [-0.15, -0.1) is 11.8 Å². The van der Waals surface area contributed by atoms with Gasteiger partial charge in [-0.2, -0.15) is 0 Å². The van der Waals surface area contributed by atoms with Gasteiger partial charge in [-0.3, -0.25) is 0 Å². The highest BCUT2D eigenvalue weighted by atomic mass is 79.9. The molecule has 0 fully saturated rings. The first kappa shape index (κ1) is 12.6. The summed E-state index contributed by atoms with van der Waals surface area (Å²) >= 11 is 5.31. The Balaban J connectivity index is 1.82. The van der Waals surface area contributed by atoms with Crippen LogP contribution in [0.25, 0.3) is 10.9 Å². The van der Waals surface area contributed by atoms with Crippen LogP contribution in [0.3, 0.4) is 0 Å². The minimum atomic E-state index is 0.831. The van der Waals surface area contributed by atoms with Gasteiger partial charge in [-0.05, 0) is 29.8 Å². The van der Waals surface area contributed by atoms with Crippen LogP contribution < -0.4 is 5.73 Å². The minimum Gasteiger partial charge on any atom is -0.398 e.